The van der Waals surface area contributed by atoms with E-state index in [-0.39, 0.29) is 22.7 Å². The Bertz CT molecular complexity index is 1120. The van der Waals surface area contributed by atoms with Crippen molar-refractivity contribution in [3.8, 4) is 11.5 Å². The molecule has 8 rings (SSSR count). The summed E-state index contributed by atoms with van der Waals surface area (Å²) in [5.41, 5.74) is 3.32. The molecular formula is C28H32O4. The highest BCUT2D eigenvalue weighted by molar-refractivity contribution is 5.97. The van der Waals surface area contributed by atoms with E-state index >= 15 is 0 Å². The highest BCUT2D eigenvalue weighted by atomic mass is 16.5. The molecule has 0 aliphatic heterocycles. The van der Waals surface area contributed by atoms with Crippen LogP contribution in [0.3, 0.4) is 0 Å². The summed E-state index contributed by atoms with van der Waals surface area (Å²) < 4.78 is 12.2. The van der Waals surface area contributed by atoms with E-state index in [1.807, 2.05) is 14.2 Å². The highest BCUT2D eigenvalue weighted by Gasteiger charge is 2.90. The first-order chi connectivity index (χ1) is 15.4. The van der Waals surface area contributed by atoms with Crippen LogP contribution in [0.1, 0.15) is 49.7 Å². The third kappa shape index (κ3) is 1.50. The van der Waals surface area contributed by atoms with E-state index in [2.05, 4.69) is 38.1 Å². The summed E-state index contributed by atoms with van der Waals surface area (Å²) in [6.07, 6.45) is 1.16. The van der Waals surface area contributed by atoms with E-state index in [0.29, 0.717) is 35.5 Å². The lowest BCUT2D eigenvalue weighted by Crippen LogP contribution is -2.81. The van der Waals surface area contributed by atoms with Gasteiger partial charge in [-0.25, -0.2) is 0 Å². The number of fused-ring (bicyclic) bond motifs is 19. The van der Waals surface area contributed by atoms with Crippen molar-refractivity contribution in [1.82, 2.24) is 0 Å². The SMILES string of the molecule is COc1c2c(c(OC)c3ccccc13)[C@@H]1C[C@H]2C2C1C1(C)C3C([C@H]4C[C@@H]3[C@H](O)[C@@H]4O)C21C. The Morgan fingerprint density at radius 3 is 1.56 bits per heavy atom. The largest absolute Gasteiger partial charge is 0.496 e. The fourth-order valence-electron chi connectivity index (χ4n) is 11.5. The topological polar surface area (TPSA) is 58.9 Å². The molecule has 0 amide bonds. The molecule has 0 heterocycles. The van der Waals surface area contributed by atoms with Gasteiger partial charge in [0.05, 0.1) is 26.4 Å². The molecule has 12 atom stereocenters. The Morgan fingerprint density at radius 1 is 0.719 bits per heavy atom. The Hall–Kier alpha value is -1.78. The minimum absolute atomic E-state index is 0.254. The first-order valence-corrected chi connectivity index (χ1v) is 12.4. The Morgan fingerprint density at radius 2 is 1.16 bits per heavy atom. The standard InChI is InChI=1S/C28H32O4/c1-27-19-13-9-14(18-17(13)25(31-3)11-7-5-6-8-12(11)26(18)32-4)20(19)28(27,2)22-16-10-15(21(22)27)23(29)24(16)30/h5-8,13-16,19-24,29-30H,9-10H2,1-4H3/t13-,14+,15-,16+,19?,20?,21?,22?,23-,24+,27?,28?. The molecule has 168 valence electrons. The van der Waals surface area contributed by atoms with Crippen LogP contribution in [0.25, 0.3) is 10.8 Å². The normalized spacial score (nSPS) is 52.7. The number of hydrogen-bond acceptors (Lipinski definition) is 4. The third-order valence-electron chi connectivity index (χ3n) is 12.1. The molecule has 2 N–H and O–H groups in total. The van der Waals surface area contributed by atoms with Crippen molar-refractivity contribution < 1.29 is 19.7 Å². The van der Waals surface area contributed by atoms with E-state index in [0.717, 1.165) is 28.7 Å². The Labute approximate surface area is 188 Å². The number of ether oxygens (including phenoxy) is 2. The Balaban J connectivity index is 1.34. The van der Waals surface area contributed by atoms with Gasteiger partial charge in [0.15, 0.2) is 0 Å². The second-order valence-corrected chi connectivity index (χ2v) is 12.1. The zero-order valence-electron chi connectivity index (χ0n) is 19.2. The molecule has 32 heavy (non-hydrogen) atoms. The lowest BCUT2D eigenvalue weighted by Gasteiger charge is -2.84. The van der Waals surface area contributed by atoms with Crippen LogP contribution in [0.2, 0.25) is 0 Å². The fourth-order valence-corrected chi connectivity index (χ4v) is 11.5. The average molecular weight is 433 g/mol. The second-order valence-electron chi connectivity index (χ2n) is 12.1. The first-order valence-electron chi connectivity index (χ1n) is 12.4. The smallest absolute Gasteiger partial charge is 0.130 e. The van der Waals surface area contributed by atoms with E-state index < -0.39 is 12.2 Å². The van der Waals surface area contributed by atoms with Crippen molar-refractivity contribution in [1.29, 1.82) is 0 Å². The number of aliphatic hydroxyl groups excluding tert-OH is 2. The van der Waals surface area contributed by atoms with Crippen molar-refractivity contribution in [3.05, 3.63) is 35.4 Å². The van der Waals surface area contributed by atoms with Crippen molar-refractivity contribution in [2.75, 3.05) is 14.2 Å². The molecule has 6 aliphatic carbocycles. The third-order valence-corrected chi connectivity index (χ3v) is 12.1. The van der Waals surface area contributed by atoms with E-state index in [1.165, 1.54) is 17.5 Å². The maximum absolute atomic E-state index is 10.7. The predicted octanol–water partition coefficient (Wildman–Crippen LogP) is 4.32. The summed E-state index contributed by atoms with van der Waals surface area (Å²) in [7, 11) is 3.63. The van der Waals surface area contributed by atoms with E-state index in [1.54, 1.807) is 0 Å². The number of aliphatic hydroxyl groups is 2. The van der Waals surface area contributed by atoms with Gasteiger partial charge in [0.1, 0.15) is 11.5 Å². The summed E-state index contributed by atoms with van der Waals surface area (Å²) >= 11 is 0. The number of methoxy groups -OCH3 is 2. The summed E-state index contributed by atoms with van der Waals surface area (Å²) in [6.45, 7) is 5.06. The zero-order valence-corrected chi connectivity index (χ0v) is 19.2. The van der Waals surface area contributed by atoms with Crippen molar-refractivity contribution >= 4 is 10.8 Å². The molecule has 4 nitrogen and oxygen atoms in total. The van der Waals surface area contributed by atoms with Gasteiger partial charge in [-0.15, -0.1) is 0 Å². The summed E-state index contributed by atoms with van der Waals surface area (Å²) in [5, 5.41) is 23.8. The minimum Gasteiger partial charge on any atom is -0.496 e. The van der Waals surface area contributed by atoms with Gasteiger partial charge in [-0.3, -0.25) is 0 Å². The van der Waals surface area contributed by atoms with Crippen molar-refractivity contribution in [2.45, 2.75) is 50.7 Å². The number of benzene rings is 2. The predicted molar refractivity (Wildman–Crippen MR) is 121 cm³/mol. The molecule has 0 aromatic heterocycles. The quantitative estimate of drug-likeness (QED) is 0.694. The fraction of sp³-hybridized carbons (Fsp3) is 0.643. The van der Waals surface area contributed by atoms with Gasteiger partial charge < -0.3 is 19.7 Å². The van der Waals surface area contributed by atoms with Crippen LogP contribution in [0.5, 0.6) is 11.5 Å². The Kier molecular flexibility index (Phi) is 3.09. The van der Waals surface area contributed by atoms with E-state index in [9.17, 15) is 10.2 Å². The lowest BCUT2D eigenvalue weighted by molar-refractivity contribution is -0.374. The van der Waals surface area contributed by atoms with Gasteiger partial charge in [-0.2, -0.15) is 0 Å². The van der Waals surface area contributed by atoms with Gasteiger partial charge in [0.2, 0.25) is 0 Å². The van der Waals surface area contributed by atoms with Gasteiger partial charge in [0.25, 0.3) is 0 Å². The van der Waals surface area contributed by atoms with Crippen LogP contribution in [0.4, 0.5) is 0 Å². The molecule has 4 heteroatoms. The molecule has 6 unspecified atom stereocenters. The molecular weight excluding hydrogens is 400 g/mol. The first kappa shape index (κ1) is 18.6. The molecule has 2 aromatic rings. The monoisotopic (exact) mass is 432 g/mol. The van der Waals surface area contributed by atoms with Gasteiger partial charge in [0, 0.05) is 21.9 Å². The number of rotatable bonds is 2. The van der Waals surface area contributed by atoms with Crippen LogP contribution in [-0.4, -0.2) is 36.6 Å². The van der Waals surface area contributed by atoms with Crippen LogP contribution >= 0.6 is 0 Å². The molecule has 5 fully saturated rings. The van der Waals surface area contributed by atoms with Crippen LogP contribution in [-0.2, 0) is 0 Å². The lowest BCUT2D eigenvalue weighted by atomic mass is 9.20. The average Bonchev–Trinajstić information content (AvgIpc) is 3.54. The summed E-state index contributed by atoms with van der Waals surface area (Å²) in [4.78, 5) is 0. The second kappa shape index (κ2) is 5.31. The molecule has 5 saturated carbocycles. The molecule has 4 bridgehead atoms. The molecule has 0 saturated heterocycles. The molecule has 6 aliphatic rings. The number of hydrogen-bond donors (Lipinski definition) is 2. The molecule has 0 radical (unpaired) electrons. The maximum atomic E-state index is 10.7. The zero-order chi connectivity index (χ0) is 21.9. The summed E-state index contributed by atoms with van der Waals surface area (Å²) in [6, 6.07) is 8.51. The van der Waals surface area contributed by atoms with Gasteiger partial charge in [-0.1, -0.05) is 38.1 Å². The van der Waals surface area contributed by atoms with Gasteiger partial charge >= 0.3 is 0 Å². The van der Waals surface area contributed by atoms with Crippen LogP contribution in [0.15, 0.2) is 24.3 Å². The maximum Gasteiger partial charge on any atom is 0.130 e. The van der Waals surface area contributed by atoms with Crippen LogP contribution in [0, 0.1) is 46.3 Å². The minimum atomic E-state index is -0.522. The van der Waals surface area contributed by atoms with Gasteiger partial charge in [-0.05, 0) is 71.0 Å². The van der Waals surface area contributed by atoms with Crippen LogP contribution < -0.4 is 9.47 Å². The summed E-state index contributed by atoms with van der Waals surface area (Å²) in [5.74, 6) is 6.11. The molecule has 0 spiro atoms. The highest BCUT2D eigenvalue weighted by Crippen LogP contribution is 2.94. The van der Waals surface area contributed by atoms with Crippen molar-refractivity contribution in [2.24, 2.45) is 46.3 Å². The van der Waals surface area contributed by atoms with Crippen molar-refractivity contribution in [3.63, 3.8) is 0 Å². The van der Waals surface area contributed by atoms with E-state index in [4.69, 9.17) is 9.47 Å². The molecule has 2 aromatic carbocycles.